The largest absolute Gasteiger partial charge is 3.00 e. The van der Waals surface area contributed by atoms with Crippen LogP contribution in [-0.4, -0.2) is 113 Å². The molecule has 0 aliphatic carbocycles. The van der Waals surface area contributed by atoms with E-state index in [1.807, 2.05) is 0 Å². The van der Waals surface area contributed by atoms with Gasteiger partial charge in [0.25, 0.3) is 0 Å². The number of hydrogen-bond acceptors (Lipinski definition) is 28. The van der Waals surface area contributed by atoms with Crippen molar-refractivity contribution in [3.8, 4) is 0 Å². The molecule has 0 aliphatic heterocycles. The third-order valence-electron chi connectivity index (χ3n) is 0. The summed E-state index contributed by atoms with van der Waals surface area (Å²) in [4.78, 5) is 180. The summed E-state index contributed by atoms with van der Waals surface area (Å²) in [5.41, 5.74) is 0. The zero-order valence-corrected chi connectivity index (χ0v) is 38.6. The molecule has 0 N–H and O–H groups in total. The van der Waals surface area contributed by atoms with E-state index in [1.165, 1.54) is 0 Å². The van der Waals surface area contributed by atoms with Gasteiger partial charge in [-0.05, 0) is 0 Å². The normalized spacial score (nSPS) is 9.39. The van der Waals surface area contributed by atoms with Crippen molar-refractivity contribution >= 4 is 168 Å². The third-order valence-corrected chi connectivity index (χ3v) is 0. The molecule has 0 aliphatic rings. The van der Waals surface area contributed by atoms with Crippen molar-refractivity contribution in [3.05, 3.63) is 0 Å². The topological polar surface area (TPSA) is 604 Å². The Morgan fingerprint density at radius 1 is 0.205 bits per heavy atom. The standard InChI is InChI=1S/3Ca.3Fe.3Mn.7H3O4P/c;;;;;;;;;7*1-5(2,3)4/h;;;;;;;;;7*(H3,1,2,3,4)/q3*+2;3*+3;3*+2;;;;;;;/p-21. The minimum Gasteiger partial charge on any atom is -0.822 e. The Labute approximate surface area is 398 Å². The van der Waals surface area contributed by atoms with Crippen LogP contribution in [0.2, 0.25) is 0 Å². The van der Waals surface area contributed by atoms with Crippen molar-refractivity contribution in [2.45, 2.75) is 0 Å². The van der Waals surface area contributed by atoms with Crippen LogP contribution in [0.3, 0.4) is 0 Å². The van der Waals surface area contributed by atoms with Crippen molar-refractivity contribution < 1.29 is 237 Å². The summed E-state index contributed by atoms with van der Waals surface area (Å²) in [6.45, 7) is 0. The van der Waals surface area contributed by atoms with Crippen molar-refractivity contribution in [1.29, 1.82) is 0 Å². The molecular weight excluding hydrogens is 1120 g/mol. The van der Waals surface area contributed by atoms with E-state index in [1.54, 1.807) is 0 Å². The third kappa shape index (κ3) is 2000. The smallest absolute Gasteiger partial charge is 0.822 e. The number of rotatable bonds is 0. The quantitative estimate of drug-likeness (QED) is 0.161. The molecule has 0 fully saturated rings. The summed E-state index contributed by atoms with van der Waals surface area (Å²) in [5, 5.41) is 0. The van der Waals surface area contributed by atoms with Gasteiger partial charge in [-0.3, -0.25) is 0 Å². The maximum absolute atomic E-state index is 8.55. The fraction of sp³-hybridized carbons (Fsp3) is 0. The first-order chi connectivity index (χ1) is 14.0. The van der Waals surface area contributed by atoms with Crippen LogP contribution < -0.4 is 103 Å². The molecule has 0 aromatic heterocycles. The Morgan fingerprint density at radius 3 is 0.205 bits per heavy atom. The van der Waals surface area contributed by atoms with Crippen LogP contribution in [0.5, 0.6) is 0 Å². The Morgan fingerprint density at radius 2 is 0.205 bits per heavy atom. The van der Waals surface area contributed by atoms with Gasteiger partial charge in [-0.25, -0.2) is 0 Å². The second-order valence-corrected chi connectivity index (χ2v) is 9.39. The molecule has 0 bridgehead atoms. The molecule has 0 unspecified atom stereocenters. The summed E-state index contributed by atoms with van der Waals surface area (Å²) in [6.07, 6.45) is 0. The van der Waals surface area contributed by atoms with Gasteiger partial charge in [0.2, 0.25) is 0 Å². The molecule has 0 rings (SSSR count). The van der Waals surface area contributed by atoms with Crippen LogP contribution in [-0.2, 0) is 134 Å². The van der Waals surface area contributed by atoms with Gasteiger partial charge in [0.15, 0.2) is 0 Å². The van der Waals surface area contributed by atoms with E-state index in [0.29, 0.717) is 0 Å². The summed E-state index contributed by atoms with van der Waals surface area (Å²) >= 11 is 0. The monoisotopic (exact) mass is 1120 g/mol. The van der Waals surface area contributed by atoms with E-state index in [4.69, 9.17) is 135 Å². The summed E-state index contributed by atoms with van der Waals surface area (Å²) in [5.74, 6) is 0. The van der Waals surface area contributed by atoms with E-state index < -0.39 is 54.8 Å². The fourth-order valence-electron chi connectivity index (χ4n) is 0. The molecular formula is Ca3Fe3Mn3O28P7. The molecule has 0 aromatic rings. The van der Waals surface area contributed by atoms with Gasteiger partial charge in [0.05, 0.1) is 0 Å². The summed E-state index contributed by atoms with van der Waals surface area (Å²) in [6, 6.07) is 0. The van der Waals surface area contributed by atoms with Crippen LogP contribution in [0.25, 0.3) is 0 Å². The zero-order valence-electron chi connectivity index (χ0n) is 18.9. The molecule has 254 valence electrons. The average Bonchev–Trinajstić information content (AvgIpc) is 2.06. The first-order valence-corrected chi connectivity index (χ1v) is 15.3. The van der Waals surface area contributed by atoms with E-state index in [9.17, 15) is 0 Å². The molecule has 0 amide bonds. The minimum atomic E-state index is -5.39. The van der Waals surface area contributed by atoms with Gasteiger partial charge in [0, 0.05) is 0 Å². The predicted molar refractivity (Wildman–Crippen MR) is 70.5 cm³/mol. The first kappa shape index (κ1) is 104. The van der Waals surface area contributed by atoms with Crippen molar-refractivity contribution in [3.63, 3.8) is 0 Å². The van der Waals surface area contributed by atoms with E-state index in [-0.39, 0.29) is 216 Å². The second kappa shape index (κ2) is 50.7. The fourth-order valence-corrected chi connectivity index (χ4v) is 0. The van der Waals surface area contributed by atoms with Gasteiger partial charge >= 0.3 is 216 Å². The van der Waals surface area contributed by atoms with Crippen molar-refractivity contribution in [2.75, 3.05) is 0 Å². The Kier molecular flexibility index (Phi) is 120. The van der Waals surface area contributed by atoms with Crippen LogP contribution in [0.1, 0.15) is 0 Å². The van der Waals surface area contributed by atoms with Crippen LogP contribution in [0.15, 0.2) is 0 Å². The summed E-state index contributed by atoms with van der Waals surface area (Å²) in [7, 11) is -37.7. The summed E-state index contributed by atoms with van der Waals surface area (Å²) < 4.78 is 59.8. The van der Waals surface area contributed by atoms with Gasteiger partial charge in [-0.15, -0.1) is 0 Å². The van der Waals surface area contributed by atoms with E-state index in [2.05, 4.69) is 0 Å². The molecule has 44 heteroatoms. The average molecular weight is 1120 g/mol. The van der Waals surface area contributed by atoms with Crippen LogP contribution >= 0.6 is 54.8 Å². The van der Waals surface area contributed by atoms with Crippen LogP contribution in [0.4, 0.5) is 0 Å². The molecule has 28 nitrogen and oxygen atoms in total. The van der Waals surface area contributed by atoms with E-state index in [0.717, 1.165) is 0 Å². The number of hydrogen-bond donors (Lipinski definition) is 0. The van der Waals surface area contributed by atoms with Gasteiger partial charge in [0.1, 0.15) is 0 Å². The molecule has 0 saturated carbocycles. The minimum absolute atomic E-state index is 0. The maximum Gasteiger partial charge on any atom is 3.00 e. The van der Waals surface area contributed by atoms with Crippen molar-refractivity contribution in [1.82, 2.24) is 0 Å². The SMILES string of the molecule is O=P([O-])([O-])[O-].O=P([O-])([O-])[O-].O=P([O-])([O-])[O-].O=P([O-])([O-])[O-].O=P([O-])([O-])[O-].O=P([O-])([O-])[O-].O=P([O-])([O-])[O-].[Ca+2].[Ca+2].[Ca+2].[Fe+3].[Fe+3].[Fe+3].[Mn+2].[Mn+2].[Mn+2]. The maximum atomic E-state index is 8.55. The molecule has 44 heavy (non-hydrogen) atoms. The molecule has 0 spiro atoms. The molecule has 0 saturated heterocycles. The molecule has 0 heterocycles. The second-order valence-electron chi connectivity index (χ2n) is 3.13. The first-order valence-electron chi connectivity index (χ1n) is 5.11. The molecule has 0 aromatic carbocycles. The Hall–Kier alpha value is 7.67. The van der Waals surface area contributed by atoms with Crippen molar-refractivity contribution in [2.24, 2.45) is 0 Å². The van der Waals surface area contributed by atoms with Gasteiger partial charge in [-0.1, -0.05) is 0 Å². The Bertz CT molecular complexity index is 591. The zero-order chi connectivity index (χ0) is 31.5. The Balaban J connectivity index is -0.0000000144. The van der Waals surface area contributed by atoms with Gasteiger partial charge in [-0.2, -0.15) is 54.8 Å². The van der Waals surface area contributed by atoms with Crippen LogP contribution in [0, 0.1) is 0 Å². The molecule has 0 atom stereocenters. The number of phosphoric acid groups is 7. The van der Waals surface area contributed by atoms with Gasteiger partial charge < -0.3 is 135 Å². The molecule has 6 radical (unpaired) electrons. The predicted octanol–water partition coefficient (Wildman–Crippen LogP) is -20.9. The van der Waals surface area contributed by atoms with E-state index >= 15 is 0 Å².